The summed E-state index contributed by atoms with van der Waals surface area (Å²) in [6.07, 6.45) is 9.19. The van der Waals surface area contributed by atoms with Crippen LogP contribution in [-0.4, -0.2) is 31.7 Å². The van der Waals surface area contributed by atoms with Gasteiger partial charge in [0.1, 0.15) is 6.61 Å². The molecule has 0 unspecified atom stereocenters. The first-order valence-electron chi connectivity index (χ1n) is 6.79. The molecule has 2 rings (SSSR count). The van der Waals surface area contributed by atoms with Crippen LogP contribution in [0, 0.1) is 12.3 Å². The zero-order valence-corrected chi connectivity index (χ0v) is 11.5. The molecule has 1 saturated heterocycles. The second kappa shape index (κ2) is 7.06. The minimum Gasteiger partial charge on any atom is -0.493 e. The van der Waals surface area contributed by atoms with Crippen LogP contribution in [0.3, 0.4) is 0 Å². The summed E-state index contributed by atoms with van der Waals surface area (Å²) in [5.74, 6) is 3.95. The molecule has 0 amide bonds. The van der Waals surface area contributed by atoms with Crippen LogP contribution >= 0.6 is 0 Å². The van der Waals surface area contributed by atoms with Gasteiger partial charge in [0.15, 0.2) is 11.5 Å². The van der Waals surface area contributed by atoms with Crippen LogP contribution in [0.15, 0.2) is 18.2 Å². The number of hydrogen-bond acceptors (Lipinski definition) is 3. The highest BCUT2D eigenvalue weighted by atomic mass is 16.5. The highest BCUT2D eigenvalue weighted by Crippen LogP contribution is 2.28. The second-order valence-corrected chi connectivity index (χ2v) is 4.81. The maximum atomic E-state index is 5.53. The molecule has 3 heteroatoms. The molecule has 0 aliphatic carbocycles. The van der Waals surface area contributed by atoms with E-state index in [9.17, 15) is 0 Å². The number of methoxy groups -OCH3 is 1. The van der Waals surface area contributed by atoms with Crippen LogP contribution < -0.4 is 9.47 Å². The topological polar surface area (TPSA) is 21.7 Å². The van der Waals surface area contributed by atoms with Crippen molar-refractivity contribution in [2.24, 2.45) is 0 Å². The summed E-state index contributed by atoms with van der Waals surface area (Å²) in [7, 11) is 1.64. The minimum atomic E-state index is 0.267. The molecule has 0 spiro atoms. The first-order chi connectivity index (χ1) is 9.33. The maximum Gasteiger partial charge on any atom is 0.162 e. The molecule has 0 atom stereocenters. The van der Waals surface area contributed by atoms with E-state index >= 15 is 0 Å². The van der Waals surface area contributed by atoms with E-state index < -0.39 is 0 Å². The first kappa shape index (κ1) is 13.8. The van der Waals surface area contributed by atoms with Crippen molar-refractivity contribution in [1.29, 1.82) is 0 Å². The van der Waals surface area contributed by atoms with E-state index in [4.69, 9.17) is 15.9 Å². The van der Waals surface area contributed by atoms with Gasteiger partial charge in [0.05, 0.1) is 7.11 Å². The molecule has 1 aliphatic rings. The Balaban J connectivity index is 2.05. The molecule has 0 bridgehead atoms. The highest BCUT2D eigenvalue weighted by Gasteiger charge is 2.12. The quantitative estimate of drug-likeness (QED) is 0.759. The van der Waals surface area contributed by atoms with Crippen molar-refractivity contribution >= 4 is 0 Å². The molecule has 3 nitrogen and oxygen atoms in total. The fourth-order valence-corrected chi connectivity index (χ4v) is 2.43. The van der Waals surface area contributed by atoms with E-state index in [0.717, 1.165) is 18.0 Å². The van der Waals surface area contributed by atoms with Crippen molar-refractivity contribution in [3.8, 4) is 23.8 Å². The number of benzene rings is 1. The number of hydrogen-bond donors (Lipinski definition) is 0. The molecule has 0 radical (unpaired) electrons. The summed E-state index contributed by atoms with van der Waals surface area (Å²) in [6, 6.07) is 6.08. The Morgan fingerprint density at radius 2 is 2.00 bits per heavy atom. The van der Waals surface area contributed by atoms with Crippen molar-refractivity contribution in [1.82, 2.24) is 4.90 Å². The van der Waals surface area contributed by atoms with E-state index in [2.05, 4.69) is 16.9 Å². The number of likely N-dealkylation sites (tertiary alicyclic amines) is 1. The van der Waals surface area contributed by atoms with Crippen molar-refractivity contribution in [2.45, 2.75) is 25.8 Å². The van der Waals surface area contributed by atoms with Gasteiger partial charge in [-0.05, 0) is 43.6 Å². The molecule has 1 fully saturated rings. The molecule has 0 aromatic heterocycles. The van der Waals surface area contributed by atoms with Gasteiger partial charge in [-0.25, -0.2) is 0 Å². The third-order valence-electron chi connectivity index (χ3n) is 3.39. The zero-order chi connectivity index (χ0) is 13.5. The van der Waals surface area contributed by atoms with E-state index in [-0.39, 0.29) is 6.61 Å². The van der Waals surface area contributed by atoms with Crippen LogP contribution in [0.5, 0.6) is 11.5 Å². The smallest absolute Gasteiger partial charge is 0.162 e. The Labute approximate surface area is 115 Å². The lowest BCUT2D eigenvalue weighted by Crippen LogP contribution is -2.29. The van der Waals surface area contributed by atoms with E-state index in [1.165, 1.54) is 37.9 Å². The predicted octanol–water partition coefficient (Wildman–Crippen LogP) is 2.69. The van der Waals surface area contributed by atoms with Crippen LogP contribution in [0.1, 0.15) is 24.8 Å². The Kier molecular flexibility index (Phi) is 5.11. The van der Waals surface area contributed by atoms with E-state index in [1.807, 2.05) is 12.1 Å². The zero-order valence-electron chi connectivity index (χ0n) is 11.5. The van der Waals surface area contributed by atoms with Gasteiger partial charge in [0.25, 0.3) is 0 Å². The number of ether oxygens (including phenoxy) is 2. The van der Waals surface area contributed by atoms with E-state index in [0.29, 0.717) is 0 Å². The summed E-state index contributed by atoms with van der Waals surface area (Å²) < 4.78 is 10.8. The molecule has 0 N–H and O–H groups in total. The maximum absolute atomic E-state index is 5.53. The number of rotatable bonds is 5. The lowest BCUT2D eigenvalue weighted by Gasteiger charge is -2.26. The van der Waals surface area contributed by atoms with Crippen molar-refractivity contribution < 1.29 is 9.47 Å². The summed E-state index contributed by atoms with van der Waals surface area (Å²) in [5, 5.41) is 0. The molecule has 19 heavy (non-hydrogen) atoms. The third-order valence-corrected chi connectivity index (χ3v) is 3.39. The number of piperidine rings is 1. The molecule has 1 heterocycles. The lowest BCUT2D eigenvalue weighted by molar-refractivity contribution is 0.220. The fourth-order valence-electron chi connectivity index (χ4n) is 2.43. The van der Waals surface area contributed by atoms with Crippen molar-refractivity contribution in [3.63, 3.8) is 0 Å². The van der Waals surface area contributed by atoms with Gasteiger partial charge in [-0.2, -0.15) is 0 Å². The van der Waals surface area contributed by atoms with Gasteiger partial charge in [-0.15, -0.1) is 6.42 Å². The van der Waals surface area contributed by atoms with Gasteiger partial charge >= 0.3 is 0 Å². The van der Waals surface area contributed by atoms with Crippen LogP contribution in [-0.2, 0) is 6.54 Å². The largest absolute Gasteiger partial charge is 0.493 e. The highest BCUT2D eigenvalue weighted by molar-refractivity contribution is 5.43. The van der Waals surface area contributed by atoms with Crippen LogP contribution in [0.4, 0.5) is 0 Å². The first-order valence-corrected chi connectivity index (χ1v) is 6.79. The molecule has 1 aromatic carbocycles. The number of nitrogens with zero attached hydrogens (tertiary/aromatic N) is 1. The second-order valence-electron chi connectivity index (χ2n) is 4.81. The molecule has 1 aliphatic heterocycles. The standard InChI is InChI=1S/C16H21NO2/c1-3-11-19-16-12-14(7-8-15(16)18-2)13-17-9-5-4-6-10-17/h1,7-8,12H,4-6,9-11,13H2,2H3. The van der Waals surface area contributed by atoms with Gasteiger partial charge in [-0.1, -0.05) is 18.4 Å². The summed E-state index contributed by atoms with van der Waals surface area (Å²) >= 11 is 0. The molecular formula is C16H21NO2. The SMILES string of the molecule is C#CCOc1cc(CN2CCCCC2)ccc1OC. The van der Waals surface area contributed by atoms with Crippen LogP contribution in [0.2, 0.25) is 0 Å². The van der Waals surface area contributed by atoms with Gasteiger partial charge < -0.3 is 9.47 Å². The normalized spacial score (nSPS) is 15.8. The average Bonchev–Trinajstić information content (AvgIpc) is 2.46. The Bertz CT molecular complexity index is 445. The summed E-state index contributed by atoms with van der Waals surface area (Å²) in [6.45, 7) is 3.61. The monoisotopic (exact) mass is 259 g/mol. The minimum absolute atomic E-state index is 0.267. The number of terminal acetylenes is 1. The Morgan fingerprint density at radius 3 is 2.68 bits per heavy atom. The average molecular weight is 259 g/mol. The van der Waals surface area contributed by atoms with Crippen molar-refractivity contribution in [3.05, 3.63) is 23.8 Å². The Hall–Kier alpha value is -1.66. The van der Waals surface area contributed by atoms with Gasteiger partial charge in [0, 0.05) is 6.54 Å². The lowest BCUT2D eigenvalue weighted by atomic mass is 10.1. The molecule has 1 aromatic rings. The third kappa shape index (κ3) is 3.90. The molecule has 0 saturated carbocycles. The van der Waals surface area contributed by atoms with E-state index in [1.54, 1.807) is 7.11 Å². The van der Waals surface area contributed by atoms with Crippen molar-refractivity contribution in [2.75, 3.05) is 26.8 Å². The molecular weight excluding hydrogens is 238 g/mol. The predicted molar refractivity (Wildman–Crippen MR) is 76.5 cm³/mol. The fraction of sp³-hybridized carbons (Fsp3) is 0.500. The van der Waals surface area contributed by atoms with Crippen LogP contribution in [0.25, 0.3) is 0 Å². The molecule has 102 valence electrons. The van der Waals surface area contributed by atoms with Gasteiger partial charge in [0.2, 0.25) is 0 Å². The summed E-state index contributed by atoms with van der Waals surface area (Å²) in [4.78, 5) is 2.48. The van der Waals surface area contributed by atoms with Gasteiger partial charge in [-0.3, -0.25) is 4.90 Å². The summed E-state index contributed by atoms with van der Waals surface area (Å²) in [5.41, 5.74) is 1.25. The Morgan fingerprint density at radius 1 is 1.21 bits per heavy atom.